The van der Waals surface area contributed by atoms with E-state index in [1.165, 1.54) is 11.3 Å². The molecule has 2 rings (SSSR count). The zero-order chi connectivity index (χ0) is 9.97. The Hall–Kier alpha value is -1.25. The van der Waals surface area contributed by atoms with Crippen molar-refractivity contribution in [2.45, 2.75) is 6.54 Å². The van der Waals surface area contributed by atoms with Crippen LogP contribution in [0, 0.1) is 0 Å². The number of nitrogens with two attached hydrogens (primary N) is 1. The summed E-state index contributed by atoms with van der Waals surface area (Å²) < 4.78 is 1.57. The van der Waals surface area contributed by atoms with Crippen LogP contribution in [0.2, 0.25) is 0 Å². The lowest BCUT2D eigenvalue weighted by atomic mass is 10.6. The van der Waals surface area contributed by atoms with Gasteiger partial charge in [-0.3, -0.25) is 14.8 Å². The molecule has 0 aromatic carbocycles. The Bertz CT molecular complexity index is 472. The van der Waals surface area contributed by atoms with Gasteiger partial charge in [-0.15, -0.1) is 10.2 Å². The van der Waals surface area contributed by atoms with Crippen molar-refractivity contribution in [2.24, 2.45) is 5.84 Å². The fourth-order valence-electron chi connectivity index (χ4n) is 0.929. The summed E-state index contributed by atoms with van der Waals surface area (Å²) in [5, 5.41) is 10.7. The molecular weight excluding hydrogens is 222 g/mol. The van der Waals surface area contributed by atoms with Gasteiger partial charge in [0.2, 0.25) is 5.13 Å². The Labute approximate surface area is 87.0 Å². The molecule has 14 heavy (non-hydrogen) atoms. The number of nitrogens with one attached hydrogen (secondary N) is 1. The van der Waals surface area contributed by atoms with Crippen LogP contribution in [0.1, 0.15) is 5.01 Å². The third-order valence-electron chi connectivity index (χ3n) is 1.54. The molecule has 0 saturated heterocycles. The largest absolute Gasteiger partial charge is 0.307 e. The molecule has 2 aromatic rings. The lowest BCUT2D eigenvalue weighted by molar-refractivity contribution is 0.765. The van der Waals surface area contributed by atoms with Crippen molar-refractivity contribution in [2.75, 3.05) is 5.43 Å². The minimum atomic E-state index is 0.00228. The van der Waals surface area contributed by atoms with E-state index in [1.807, 2.05) is 0 Å². The van der Waals surface area contributed by atoms with Gasteiger partial charge in [-0.05, 0) is 0 Å². The van der Waals surface area contributed by atoms with Gasteiger partial charge in [-0.25, -0.2) is 5.84 Å². The Morgan fingerprint density at radius 2 is 2.43 bits per heavy atom. The van der Waals surface area contributed by atoms with Crippen molar-refractivity contribution < 1.29 is 0 Å². The molecule has 2 heterocycles. The van der Waals surface area contributed by atoms with E-state index < -0.39 is 0 Å². The minimum Gasteiger partial charge on any atom is -0.299 e. The highest BCUT2D eigenvalue weighted by atomic mass is 32.1. The minimum absolute atomic E-state index is 0.00228. The van der Waals surface area contributed by atoms with Crippen molar-refractivity contribution in [3.63, 3.8) is 0 Å². The van der Waals surface area contributed by atoms with Crippen LogP contribution in [0.5, 0.6) is 0 Å². The lowest BCUT2D eigenvalue weighted by Crippen LogP contribution is -2.12. The summed E-state index contributed by atoms with van der Waals surface area (Å²) in [5.74, 6) is 5.16. The van der Waals surface area contributed by atoms with Crippen LogP contribution < -0.4 is 16.1 Å². The number of rotatable bonds is 3. The van der Waals surface area contributed by atoms with E-state index in [1.54, 1.807) is 16.1 Å². The van der Waals surface area contributed by atoms with E-state index in [-0.39, 0.29) is 4.87 Å². The highest BCUT2D eigenvalue weighted by Gasteiger charge is 2.04. The molecule has 0 bridgehead atoms. The summed E-state index contributed by atoms with van der Waals surface area (Å²) in [7, 11) is 0. The maximum atomic E-state index is 11.2. The number of hydrogen-bond donors (Lipinski definition) is 2. The van der Waals surface area contributed by atoms with Crippen molar-refractivity contribution in [1.29, 1.82) is 0 Å². The van der Waals surface area contributed by atoms with Gasteiger partial charge in [0.05, 0.1) is 6.54 Å². The van der Waals surface area contributed by atoms with E-state index in [4.69, 9.17) is 5.84 Å². The quantitative estimate of drug-likeness (QED) is 0.575. The Morgan fingerprint density at radius 1 is 1.57 bits per heavy atom. The standard InChI is InChI=1S/C6H7N5OS2/c7-8-5-10-9-4(14-5)3-11-1-2-13-6(11)12/h1-2H,3,7H2,(H,8,10). The predicted octanol–water partition coefficient (Wildman–Crippen LogP) is 0.0952. The number of nitrogen functional groups attached to an aromatic ring is 1. The van der Waals surface area contributed by atoms with Gasteiger partial charge in [-0.2, -0.15) is 0 Å². The molecule has 0 saturated carbocycles. The first-order chi connectivity index (χ1) is 6.79. The highest BCUT2D eigenvalue weighted by molar-refractivity contribution is 7.15. The van der Waals surface area contributed by atoms with Crippen molar-refractivity contribution >= 4 is 27.8 Å². The second-order valence-electron chi connectivity index (χ2n) is 2.44. The average Bonchev–Trinajstić information content (AvgIpc) is 2.77. The molecule has 0 aliphatic heterocycles. The fourth-order valence-corrected chi connectivity index (χ4v) is 2.16. The van der Waals surface area contributed by atoms with Crippen LogP contribution in [0.15, 0.2) is 16.4 Å². The molecule has 0 radical (unpaired) electrons. The molecule has 6 nitrogen and oxygen atoms in total. The van der Waals surface area contributed by atoms with Crippen LogP contribution in [0.4, 0.5) is 5.13 Å². The molecular formula is C6H7N5OS2. The van der Waals surface area contributed by atoms with E-state index in [0.29, 0.717) is 11.7 Å². The summed E-state index contributed by atoms with van der Waals surface area (Å²) >= 11 is 2.49. The zero-order valence-corrected chi connectivity index (χ0v) is 8.64. The SMILES string of the molecule is NNc1nnc(Cn2ccsc2=O)s1. The topological polar surface area (TPSA) is 85.8 Å². The molecule has 0 fully saturated rings. The normalized spacial score (nSPS) is 10.4. The second kappa shape index (κ2) is 3.86. The maximum Gasteiger partial charge on any atom is 0.307 e. The van der Waals surface area contributed by atoms with E-state index in [9.17, 15) is 4.79 Å². The van der Waals surface area contributed by atoms with Gasteiger partial charge >= 0.3 is 4.87 Å². The van der Waals surface area contributed by atoms with Crippen molar-refractivity contribution in [1.82, 2.24) is 14.8 Å². The summed E-state index contributed by atoms with van der Waals surface area (Å²) in [4.78, 5) is 11.2. The first kappa shape index (κ1) is 9.31. The van der Waals surface area contributed by atoms with Gasteiger partial charge < -0.3 is 0 Å². The van der Waals surface area contributed by atoms with E-state index >= 15 is 0 Å². The number of nitrogens with zero attached hydrogens (tertiary/aromatic N) is 3. The van der Waals surface area contributed by atoms with Gasteiger partial charge in [0.15, 0.2) is 0 Å². The Balaban J connectivity index is 2.19. The van der Waals surface area contributed by atoms with Crippen LogP contribution in [0.25, 0.3) is 0 Å². The Kier molecular flexibility index (Phi) is 2.57. The zero-order valence-electron chi connectivity index (χ0n) is 7.01. The summed E-state index contributed by atoms with van der Waals surface area (Å²) in [5.41, 5.74) is 2.40. The highest BCUT2D eigenvalue weighted by Crippen LogP contribution is 2.14. The molecule has 0 unspecified atom stereocenters. The number of thiazole rings is 1. The third-order valence-corrected chi connectivity index (χ3v) is 3.07. The number of hydrazine groups is 1. The molecule has 0 aliphatic rings. The van der Waals surface area contributed by atoms with Crippen LogP contribution in [-0.2, 0) is 6.54 Å². The maximum absolute atomic E-state index is 11.2. The van der Waals surface area contributed by atoms with E-state index in [2.05, 4.69) is 15.6 Å². The monoisotopic (exact) mass is 229 g/mol. The van der Waals surface area contributed by atoms with Crippen LogP contribution >= 0.6 is 22.7 Å². The van der Waals surface area contributed by atoms with Crippen molar-refractivity contribution in [3.05, 3.63) is 26.3 Å². The molecule has 74 valence electrons. The van der Waals surface area contributed by atoms with Crippen LogP contribution in [-0.4, -0.2) is 14.8 Å². The number of aromatic nitrogens is 3. The Morgan fingerprint density at radius 3 is 3.00 bits per heavy atom. The van der Waals surface area contributed by atoms with Crippen molar-refractivity contribution in [3.8, 4) is 0 Å². The fraction of sp³-hybridized carbons (Fsp3) is 0.167. The predicted molar refractivity (Wildman–Crippen MR) is 55.4 cm³/mol. The average molecular weight is 229 g/mol. The first-order valence-electron chi connectivity index (χ1n) is 3.72. The second-order valence-corrected chi connectivity index (χ2v) is 4.36. The van der Waals surface area contributed by atoms with Gasteiger partial charge in [0, 0.05) is 11.6 Å². The van der Waals surface area contributed by atoms with Crippen LogP contribution in [0.3, 0.4) is 0 Å². The molecule has 0 aliphatic carbocycles. The third kappa shape index (κ3) is 1.81. The first-order valence-corrected chi connectivity index (χ1v) is 5.42. The summed E-state index contributed by atoms with van der Waals surface area (Å²) in [6.07, 6.45) is 1.73. The molecule has 3 N–H and O–H groups in total. The smallest absolute Gasteiger partial charge is 0.299 e. The molecule has 0 spiro atoms. The molecule has 0 atom stereocenters. The number of hydrogen-bond acceptors (Lipinski definition) is 7. The van der Waals surface area contributed by atoms with Gasteiger partial charge in [-0.1, -0.05) is 22.7 Å². The summed E-state index contributed by atoms with van der Waals surface area (Å²) in [6, 6.07) is 0. The lowest BCUT2D eigenvalue weighted by Gasteiger charge is -1.93. The van der Waals surface area contributed by atoms with Gasteiger partial charge in [0.1, 0.15) is 5.01 Å². The van der Waals surface area contributed by atoms with Gasteiger partial charge in [0.25, 0.3) is 0 Å². The molecule has 0 amide bonds. The summed E-state index contributed by atoms with van der Waals surface area (Å²) in [6.45, 7) is 0.446. The number of anilines is 1. The molecule has 2 aromatic heterocycles. The van der Waals surface area contributed by atoms with E-state index in [0.717, 1.165) is 16.3 Å². The molecule has 8 heteroatoms.